The predicted octanol–water partition coefficient (Wildman–Crippen LogP) is 1.49. The second kappa shape index (κ2) is 4.61. The normalized spacial score (nSPS) is 31.0. The summed E-state index contributed by atoms with van der Waals surface area (Å²) in [6, 6.07) is 0. The maximum atomic E-state index is 11.0. The van der Waals surface area contributed by atoms with Crippen LogP contribution in [0.25, 0.3) is 0 Å². The summed E-state index contributed by atoms with van der Waals surface area (Å²) in [4.78, 5) is 11.0. The number of hydrogen-bond acceptors (Lipinski definition) is 3. The zero-order valence-corrected chi connectivity index (χ0v) is 8.32. The molecule has 1 aliphatic rings. The van der Waals surface area contributed by atoms with E-state index in [0.717, 1.165) is 19.3 Å². The number of esters is 1. The molecule has 1 fully saturated rings. The largest absolute Gasteiger partial charge is 0.460 e. The van der Waals surface area contributed by atoms with Gasteiger partial charge in [0.15, 0.2) is 0 Å². The van der Waals surface area contributed by atoms with Crippen LogP contribution in [0.2, 0.25) is 0 Å². The molecule has 2 unspecified atom stereocenters. The Morgan fingerprint density at radius 2 is 2.23 bits per heavy atom. The van der Waals surface area contributed by atoms with E-state index in [4.69, 9.17) is 9.84 Å². The molecule has 1 N–H and O–H groups in total. The van der Waals surface area contributed by atoms with Crippen LogP contribution in [0, 0.1) is 5.92 Å². The van der Waals surface area contributed by atoms with Gasteiger partial charge in [0.05, 0.1) is 0 Å². The molecule has 1 saturated carbocycles. The van der Waals surface area contributed by atoms with Crippen LogP contribution in [-0.4, -0.2) is 23.3 Å². The topological polar surface area (TPSA) is 46.5 Å². The van der Waals surface area contributed by atoms with Crippen molar-refractivity contribution >= 4 is 5.97 Å². The SMILES string of the molecule is CC1CCCC(OC(=O)[C@H](C)O)C1. The molecule has 0 heterocycles. The lowest BCUT2D eigenvalue weighted by Gasteiger charge is -2.26. The molecule has 0 aliphatic heterocycles. The first-order chi connectivity index (χ1) is 6.09. The minimum Gasteiger partial charge on any atom is -0.460 e. The highest BCUT2D eigenvalue weighted by molar-refractivity contribution is 5.73. The number of hydrogen-bond donors (Lipinski definition) is 1. The molecule has 76 valence electrons. The number of carbonyl (C=O) groups excluding carboxylic acids is 1. The van der Waals surface area contributed by atoms with E-state index in [-0.39, 0.29) is 6.10 Å². The molecule has 13 heavy (non-hydrogen) atoms. The third-order valence-corrected chi connectivity index (χ3v) is 2.51. The van der Waals surface area contributed by atoms with Crippen LogP contribution in [-0.2, 0) is 9.53 Å². The molecule has 3 nitrogen and oxygen atoms in total. The van der Waals surface area contributed by atoms with Crippen molar-refractivity contribution in [1.29, 1.82) is 0 Å². The van der Waals surface area contributed by atoms with Gasteiger partial charge in [-0.2, -0.15) is 0 Å². The third kappa shape index (κ3) is 3.35. The van der Waals surface area contributed by atoms with Crippen LogP contribution >= 0.6 is 0 Å². The molecule has 0 aromatic heterocycles. The van der Waals surface area contributed by atoms with Gasteiger partial charge in [-0.15, -0.1) is 0 Å². The van der Waals surface area contributed by atoms with Gasteiger partial charge in [0.2, 0.25) is 0 Å². The number of ether oxygens (including phenoxy) is 1. The van der Waals surface area contributed by atoms with Gasteiger partial charge in [-0.25, -0.2) is 4.79 Å². The van der Waals surface area contributed by atoms with E-state index in [9.17, 15) is 4.79 Å². The number of aliphatic hydroxyl groups is 1. The first kappa shape index (κ1) is 10.5. The molecule has 0 saturated heterocycles. The van der Waals surface area contributed by atoms with Gasteiger partial charge in [-0.3, -0.25) is 0 Å². The van der Waals surface area contributed by atoms with Crippen LogP contribution in [0.5, 0.6) is 0 Å². The van der Waals surface area contributed by atoms with Gasteiger partial charge >= 0.3 is 5.97 Å². The summed E-state index contributed by atoms with van der Waals surface area (Å²) in [5, 5.41) is 8.94. The summed E-state index contributed by atoms with van der Waals surface area (Å²) in [6.45, 7) is 3.61. The monoisotopic (exact) mass is 186 g/mol. The van der Waals surface area contributed by atoms with Gasteiger partial charge in [-0.05, 0) is 32.1 Å². The summed E-state index contributed by atoms with van der Waals surface area (Å²) in [5.41, 5.74) is 0. The summed E-state index contributed by atoms with van der Waals surface area (Å²) in [5.74, 6) is 0.152. The predicted molar refractivity (Wildman–Crippen MR) is 49.2 cm³/mol. The summed E-state index contributed by atoms with van der Waals surface area (Å²) < 4.78 is 5.13. The standard InChI is InChI=1S/C10H18O3/c1-7-4-3-5-9(6-7)13-10(12)8(2)11/h7-9,11H,3-6H2,1-2H3/t7?,8-,9?/m0/s1. The zero-order chi connectivity index (χ0) is 9.84. The van der Waals surface area contributed by atoms with Crippen LogP contribution < -0.4 is 0 Å². The van der Waals surface area contributed by atoms with Gasteiger partial charge < -0.3 is 9.84 Å². The lowest BCUT2D eigenvalue weighted by Crippen LogP contribution is -2.29. The Bertz CT molecular complexity index is 177. The van der Waals surface area contributed by atoms with Gasteiger partial charge in [-0.1, -0.05) is 13.3 Å². The quantitative estimate of drug-likeness (QED) is 0.664. The number of carbonyl (C=O) groups is 1. The molecule has 0 aromatic carbocycles. The number of aliphatic hydroxyl groups excluding tert-OH is 1. The van der Waals surface area contributed by atoms with Crippen LogP contribution in [0.4, 0.5) is 0 Å². The molecule has 0 aromatic rings. The molecule has 1 aliphatic carbocycles. The average Bonchev–Trinajstić information content (AvgIpc) is 2.04. The van der Waals surface area contributed by atoms with Crippen molar-refractivity contribution in [1.82, 2.24) is 0 Å². The van der Waals surface area contributed by atoms with Crippen molar-refractivity contribution in [3.63, 3.8) is 0 Å². The second-order valence-corrected chi connectivity index (χ2v) is 4.01. The van der Waals surface area contributed by atoms with Gasteiger partial charge in [0.1, 0.15) is 12.2 Å². The van der Waals surface area contributed by atoms with Crippen molar-refractivity contribution < 1.29 is 14.6 Å². The van der Waals surface area contributed by atoms with Gasteiger partial charge in [0.25, 0.3) is 0 Å². The van der Waals surface area contributed by atoms with E-state index in [1.165, 1.54) is 13.3 Å². The maximum absolute atomic E-state index is 11.0. The Morgan fingerprint density at radius 3 is 2.77 bits per heavy atom. The number of rotatable bonds is 2. The van der Waals surface area contributed by atoms with Crippen molar-refractivity contribution in [3.8, 4) is 0 Å². The third-order valence-electron chi connectivity index (χ3n) is 2.51. The Kier molecular flexibility index (Phi) is 3.72. The lowest BCUT2D eigenvalue weighted by molar-refractivity contribution is -0.160. The van der Waals surface area contributed by atoms with Gasteiger partial charge in [0, 0.05) is 0 Å². The minimum atomic E-state index is -0.989. The average molecular weight is 186 g/mol. The van der Waals surface area contributed by atoms with E-state index >= 15 is 0 Å². The maximum Gasteiger partial charge on any atom is 0.334 e. The fourth-order valence-corrected chi connectivity index (χ4v) is 1.75. The summed E-state index contributed by atoms with van der Waals surface area (Å²) in [7, 11) is 0. The fourth-order valence-electron chi connectivity index (χ4n) is 1.75. The Morgan fingerprint density at radius 1 is 1.54 bits per heavy atom. The highest BCUT2D eigenvalue weighted by Crippen LogP contribution is 2.25. The second-order valence-electron chi connectivity index (χ2n) is 4.01. The van der Waals surface area contributed by atoms with Crippen molar-refractivity contribution in [3.05, 3.63) is 0 Å². The minimum absolute atomic E-state index is 0.0332. The molecule has 0 spiro atoms. The Labute approximate surface area is 79.1 Å². The molecule has 0 amide bonds. The first-order valence-electron chi connectivity index (χ1n) is 4.98. The van der Waals surface area contributed by atoms with E-state index in [0.29, 0.717) is 5.92 Å². The smallest absolute Gasteiger partial charge is 0.334 e. The Balaban J connectivity index is 2.31. The zero-order valence-electron chi connectivity index (χ0n) is 8.32. The molecular formula is C10H18O3. The molecule has 1 rings (SSSR count). The van der Waals surface area contributed by atoms with E-state index in [1.807, 2.05) is 0 Å². The molecular weight excluding hydrogens is 168 g/mol. The molecule has 0 bridgehead atoms. The van der Waals surface area contributed by atoms with Crippen LogP contribution in [0.1, 0.15) is 39.5 Å². The van der Waals surface area contributed by atoms with Crippen molar-refractivity contribution in [2.75, 3.05) is 0 Å². The fraction of sp³-hybridized carbons (Fsp3) is 0.900. The van der Waals surface area contributed by atoms with E-state index in [2.05, 4.69) is 6.92 Å². The highest BCUT2D eigenvalue weighted by Gasteiger charge is 2.23. The highest BCUT2D eigenvalue weighted by atomic mass is 16.6. The summed E-state index contributed by atoms with van der Waals surface area (Å²) in [6.07, 6.45) is 3.28. The molecule has 3 atom stereocenters. The van der Waals surface area contributed by atoms with Crippen molar-refractivity contribution in [2.45, 2.75) is 51.7 Å². The van der Waals surface area contributed by atoms with E-state index in [1.54, 1.807) is 0 Å². The van der Waals surface area contributed by atoms with Crippen LogP contribution in [0.15, 0.2) is 0 Å². The Hall–Kier alpha value is -0.570. The summed E-state index contributed by atoms with van der Waals surface area (Å²) >= 11 is 0. The molecule has 0 radical (unpaired) electrons. The van der Waals surface area contributed by atoms with E-state index < -0.39 is 12.1 Å². The molecule has 3 heteroatoms. The van der Waals surface area contributed by atoms with Crippen LogP contribution in [0.3, 0.4) is 0 Å². The van der Waals surface area contributed by atoms with Crippen molar-refractivity contribution in [2.24, 2.45) is 5.92 Å². The first-order valence-corrected chi connectivity index (χ1v) is 4.98. The lowest BCUT2D eigenvalue weighted by atomic mass is 9.89.